The van der Waals surface area contributed by atoms with Crippen molar-refractivity contribution < 1.29 is 9.21 Å². The third-order valence-corrected chi connectivity index (χ3v) is 3.35. The summed E-state index contributed by atoms with van der Waals surface area (Å²) in [6.07, 6.45) is 7.43. The van der Waals surface area contributed by atoms with Crippen LogP contribution in [-0.2, 0) is 4.79 Å². The largest absolute Gasteiger partial charge is 0.464 e. The number of ketones is 1. The number of Topliss-reactive ketones (excluding diaryl/α,β-unsaturated/α-hetero) is 1. The van der Waals surface area contributed by atoms with Crippen molar-refractivity contribution >= 4 is 11.4 Å². The number of carbonyl (C=O) groups is 1. The number of furan rings is 1. The number of hydrogen-bond acceptors (Lipinski definition) is 2. The highest BCUT2D eigenvalue weighted by Gasteiger charge is 2.23. The SMILES string of the molecule is CC(C)C(=O)C(=C1CCCCC1)c1ccco1. The lowest BCUT2D eigenvalue weighted by Gasteiger charge is -2.18. The highest BCUT2D eigenvalue weighted by Crippen LogP contribution is 2.32. The molecule has 1 aromatic heterocycles. The first-order valence-corrected chi connectivity index (χ1v) is 6.50. The Morgan fingerprint density at radius 2 is 1.94 bits per heavy atom. The highest BCUT2D eigenvalue weighted by atomic mass is 16.3. The average molecular weight is 232 g/mol. The van der Waals surface area contributed by atoms with E-state index in [0.29, 0.717) is 0 Å². The monoisotopic (exact) mass is 232 g/mol. The maximum absolute atomic E-state index is 12.3. The summed E-state index contributed by atoms with van der Waals surface area (Å²) in [7, 11) is 0. The van der Waals surface area contributed by atoms with Crippen molar-refractivity contribution in [1.29, 1.82) is 0 Å². The maximum Gasteiger partial charge on any atom is 0.169 e. The van der Waals surface area contributed by atoms with Crippen LogP contribution < -0.4 is 0 Å². The van der Waals surface area contributed by atoms with Crippen molar-refractivity contribution in [3.63, 3.8) is 0 Å². The van der Waals surface area contributed by atoms with E-state index >= 15 is 0 Å². The molecule has 0 saturated heterocycles. The van der Waals surface area contributed by atoms with E-state index in [4.69, 9.17) is 4.42 Å². The third-order valence-electron chi connectivity index (χ3n) is 3.35. The van der Waals surface area contributed by atoms with Crippen molar-refractivity contribution in [2.45, 2.75) is 46.0 Å². The van der Waals surface area contributed by atoms with Gasteiger partial charge in [0.25, 0.3) is 0 Å². The predicted octanol–water partition coefficient (Wildman–Crippen LogP) is 4.22. The fourth-order valence-corrected chi connectivity index (χ4v) is 2.41. The smallest absolute Gasteiger partial charge is 0.169 e. The summed E-state index contributed by atoms with van der Waals surface area (Å²) in [5.74, 6) is 1.00. The minimum absolute atomic E-state index is 0.0320. The Labute approximate surface area is 103 Å². The zero-order valence-corrected chi connectivity index (χ0v) is 10.7. The molecular formula is C15H20O2. The fraction of sp³-hybridized carbons (Fsp3) is 0.533. The molecule has 1 aliphatic carbocycles. The van der Waals surface area contributed by atoms with Crippen molar-refractivity contribution in [2.75, 3.05) is 0 Å². The third kappa shape index (κ3) is 2.68. The van der Waals surface area contributed by atoms with Crippen molar-refractivity contribution in [1.82, 2.24) is 0 Å². The second kappa shape index (κ2) is 5.35. The van der Waals surface area contributed by atoms with Crippen LogP contribution in [0, 0.1) is 5.92 Å². The summed E-state index contributed by atoms with van der Waals surface area (Å²) in [6, 6.07) is 3.75. The Hall–Kier alpha value is -1.31. The van der Waals surface area contributed by atoms with Crippen molar-refractivity contribution in [2.24, 2.45) is 5.92 Å². The summed E-state index contributed by atoms with van der Waals surface area (Å²) in [5, 5.41) is 0. The molecule has 1 aromatic rings. The van der Waals surface area contributed by atoms with Crippen LogP contribution in [0.2, 0.25) is 0 Å². The summed E-state index contributed by atoms with van der Waals surface area (Å²) in [5.41, 5.74) is 2.15. The molecule has 1 saturated carbocycles. The van der Waals surface area contributed by atoms with Gasteiger partial charge in [0.1, 0.15) is 5.76 Å². The molecule has 1 aliphatic rings. The molecule has 92 valence electrons. The number of rotatable bonds is 3. The van der Waals surface area contributed by atoms with Gasteiger partial charge in [-0.15, -0.1) is 0 Å². The number of hydrogen-bond donors (Lipinski definition) is 0. The van der Waals surface area contributed by atoms with Gasteiger partial charge in [-0.2, -0.15) is 0 Å². The van der Waals surface area contributed by atoms with Crippen LogP contribution in [-0.4, -0.2) is 5.78 Å². The molecule has 0 aliphatic heterocycles. The lowest BCUT2D eigenvalue weighted by Crippen LogP contribution is -2.12. The van der Waals surface area contributed by atoms with Gasteiger partial charge in [0.2, 0.25) is 0 Å². The van der Waals surface area contributed by atoms with Gasteiger partial charge in [-0.25, -0.2) is 0 Å². The van der Waals surface area contributed by atoms with Gasteiger partial charge < -0.3 is 4.42 Å². The van der Waals surface area contributed by atoms with Gasteiger partial charge in [0.15, 0.2) is 5.78 Å². The quantitative estimate of drug-likeness (QED) is 0.730. The highest BCUT2D eigenvalue weighted by molar-refractivity contribution is 6.21. The Morgan fingerprint density at radius 3 is 2.47 bits per heavy atom. The molecule has 0 radical (unpaired) electrons. The molecule has 0 amide bonds. The average Bonchev–Trinajstić information content (AvgIpc) is 2.84. The normalized spacial score (nSPS) is 16.3. The molecule has 17 heavy (non-hydrogen) atoms. The molecular weight excluding hydrogens is 212 g/mol. The fourth-order valence-electron chi connectivity index (χ4n) is 2.41. The second-order valence-corrected chi connectivity index (χ2v) is 5.04. The topological polar surface area (TPSA) is 30.2 Å². The summed E-state index contributed by atoms with van der Waals surface area (Å²) in [6.45, 7) is 3.91. The van der Waals surface area contributed by atoms with Gasteiger partial charge in [-0.3, -0.25) is 4.79 Å². The van der Waals surface area contributed by atoms with Gasteiger partial charge >= 0.3 is 0 Å². The van der Waals surface area contributed by atoms with E-state index in [0.717, 1.165) is 24.2 Å². The van der Waals surface area contributed by atoms with Crippen molar-refractivity contribution in [3.8, 4) is 0 Å². The molecule has 2 rings (SSSR count). The molecule has 1 fully saturated rings. The van der Waals surface area contributed by atoms with Crippen LogP contribution in [0.15, 0.2) is 28.4 Å². The van der Waals surface area contributed by atoms with E-state index in [9.17, 15) is 4.79 Å². The van der Waals surface area contributed by atoms with E-state index in [-0.39, 0.29) is 11.7 Å². The number of carbonyl (C=O) groups excluding carboxylic acids is 1. The van der Waals surface area contributed by atoms with Crippen LogP contribution in [0.3, 0.4) is 0 Å². The van der Waals surface area contributed by atoms with Gasteiger partial charge in [-0.1, -0.05) is 25.8 Å². The minimum Gasteiger partial charge on any atom is -0.464 e. The molecule has 0 spiro atoms. The molecule has 0 unspecified atom stereocenters. The molecule has 2 nitrogen and oxygen atoms in total. The van der Waals surface area contributed by atoms with Crippen molar-refractivity contribution in [3.05, 3.63) is 29.7 Å². The van der Waals surface area contributed by atoms with Crippen LogP contribution in [0.25, 0.3) is 5.57 Å². The van der Waals surface area contributed by atoms with Crippen LogP contribution in [0.1, 0.15) is 51.7 Å². The standard InChI is InChI=1S/C15H20O2/c1-11(2)15(16)14(13-9-6-10-17-13)12-7-4-3-5-8-12/h6,9-11H,3-5,7-8H2,1-2H3. The zero-order chi connectivity index (χ0) is 12.3. The van der Waals surface area contributed by atoms with E-state index in [1.54, 1.807) is 6.26 Å². The van der Waals surface area contributed by atoms with E-state index in [1.165, 1.54) is 24.8 Å². The van der Waals surface area contributed by atoms with E-state index in [1.807, 2.05) is 26.0 Å². The molecule has 0 bridgehead atoms. The van der Waals surface area contributed by atoms with E-state index in [2.05, 4.69) is 0 Å². The summed E-state index contributed by atoms with van der Waals surface area (Å²) >= 11 is 0. The Kier molecular flexibility index (Phi) is 3.82. The van der Waals surface area contributed by atoms with Crippen LogP contribution in [0.5, 0.6) is 0 Å². The van der Waals surface area contributed by atoms with E-state index < -0.39 is 0 Å². The first kappa shape index (κ1) is 12.2. The molecule has 0 atom stereocenters. The molecule has 2 heteroatoms. The second-order valence-electron chi connectivity index (χ2n) is 5.04. The van der Waals surface area contributed by atoms with Crippen LogP contribution in [0.4, 0.5) is 0 Å². The lowest BCUT2D eigenvalue weighted by atomic mass is 9.86. The molecule has 0 aromatic carbocycles. The number of allylic oxidation sites excluding steroid dienone is 2. The van der Waals surface area contributed by atoms with Gasteiger partial charge in [0, 0.05) is 5.92 Å². The Morgan fingerprint density at radius 1 is 1.24 bits per heavy atom. The van der Waals surface area contributed by atoms with Crippen LogP contribution >= 0.6 is 0 Å². The first-order chi connectivity index (χ1) is 8.20. The first-order valence-electron chi connectivity index (χ1n) is 6.50. The van der Waals surface area contributed by atoms with Gasteiger partial charge in [0.05, 0.1) is 11.8 Å². The van der Waals surface area contributed by atoms with Gasteiger partial charge in [-0.05, 0) is 37.8 Å². The summed E-state index contributed by atoms with van der Waals surface area (Å²) in [4.78, 5) is 12.3. The minimum atomic E-state index is 0.0320. The Bertz CT molecular complexity index is 402. The lowest BCUT2D eigenvalue weighted by molar-refractivity contribution is -0.116. The maximum atomic E-state index is 12.3. The predicted molar refractivity (Wildman–Crippen MR) is 68.6 cm³/mol. The zero-order valence-electron chi connectivity index (χ0n) is 10.7. The Balaban J connectivity index is 2.39. The summed E-state index contributed by atoms with van der Waals surface area (Å²) < 4.78 is 5.44. The molecule has 1 heterocycles. The molecule has 0 N–H and O–H groups in total.